The van der Waals surface area contributed by atoms with E-state index in [0.29, 0.717) is 21.9 Å². The van der Waals surface area contributed by atoms with Crippen molar-refractivity contribution in [1.82, 2.24) is 10.3 Å². The van der Waals surface area contributed by atoms with E-state index in [1.807, 2.05) is 0 Å². The molecule has 0 radical (unpaired) electrons. The van der Waals surface area contributed by atoms with Crippen LogP contribution in [0.1, 0.15) is 24.3 Å². The zero-order valence-corrected chi connectivity index (χ0v) is 13.7. The molecule has 0 fully saturated rings. The molecule has 1 atom stereocenters. The van der Waals surface area contributed by atoms with Gasteiger partial charge in [-0.15, -0.1) is 11.3 Å². The highest BCUT2D eigenvalue weighted by Crippen LogP contribution is 2.29. The van der Waals surface area contributed by atoms with Crippen molar-refractivity contribution in [1.29, 1.82) is 0 Å². The molecular formula is C16H14FN3O3S. The number of nitrogens with zero attached hydrogens (tertiary/aromatic N) is 1. The number of anilines is 1. The van der Waals surface area contributed by atoms with Crippen molar-refractivity contribution in [2.24, 2.45) is 0 Å². The lowest BCUT2D eigenvalue weighted by Gasteiger charge is -2.11. The summed E-state index contributed by atoms with van der Waals surface area (Å²) in [5.74, 6) is -1.50. The number of thiazole rings is 1. The van der Waals surface area contributed by atoms with Crippen LogP contribution >= 0.6 is 11.3 Å². The highest BCUT2D eigenvalue weighted by Gasteiger charge is 2.22. The zero-order chi connectivity index (χ0) is 17.3. The Balaban J connectivity index is 1.74. The summed E-state index contributed by atoms with van der Waals surface area (Å²) in [4.78, 5) is 27.7. The van der Waals surface area contributed by atoms with Crippen LogP contribution in [0.4, 0.5) is 9.52 Å². The van der Waals surface area contributed by atoms with E-state index in [9.17, 15) is 14.0 Å². The maximum absolute atomic E-state index is 13.4. The normalized spacial score (nSPS) is 12.1. The second kappa shape index (κ2) is 6.40. The molecule has 6 nitrogen and oxygen atoms in total. The molecule has 0 saturated carbocycles. The van der Waals surface area contributed by atoms with Crippen molar-refractivity contribution >= 4 is 39.3 Å². The van der Waals surface area contributed by atoms with Gasteiger partial charge < -0.3 is 9.73 Å². The van der Waals surface area contributed by atoms with Gasteiger partial charge in [0, 0.05) is 22.5 Å². The lowest BCUT2D eigenvalue weighted by atomic mass is 10.1. The van der Waals surface area contributed by atoms with Gasteiger partial charge in [0.05, 0.1) is 6.04 Å². The van der Waals surface area contributed by atoms with Crippen LogP contribution < -0.4 is 10.6 Å². The Kier molecular flexibility index (Phi) is 4.30. The molecule has 2 heterocycles. The third-order valence-corrected chi connectivity index (χ3v) is 4.22. The van der Waals surface area contributed by atoms with Crippen molar-refractivity contribution in [3.05, 3.63) is 46.9 Å². The molecule has 3 rings (SSSR count). The van der Waals surface area contributed by atoms with E-state index in [0.717, 1.165) is 5.56 Å². The second-order valence-corrected chi connectivity index (χ2v) is 6.11. The summed E-state index contributed by atoms with van der Waals surface area (Å²) >= 11 is 1.21. The Hall–Kier alpha value is -2.74. The van der Waals surface area contributed by atoms with E-state index in [2.05, 4.69) is 15.6 Å². The first kappa shape index (κ1) is 16.1. The number of amides is 2. The summed E-state index contributed by atoms with van der Waals surface area (Å²) in [6.07, 6.45) is 1.53. The third-order valence-electron chi connectivity index (χ3n) is 3.54. The van der Waals surface area contributed by atoms with Gasteiger partial charge in [0.25, 0.3) is 0 Å². The minimum Gasteiger partial charge on any atom is -0.459 e. The summed E-state index contributed by atoms with van der Waals surface area (Å²) in [6, 6.07) is 3.67. The van der Waals surface area contributed by atoms with Gasteiger partial charge in [-0.25, -0.2) is 9.37 Å². The molecule has 0 aliphatic carbocycles. The molecule has 24 heavy (non-hydrogen) atoms. The lowest BCUT2D eigenvalue weighted by Crippen LogP contribution is -2.36. The summed E-state index contributed by atoms with van der Waals surface area (Å²) < 4.78 is 19.0. The number of nitrogens with one attached hydrogen (secondary N) is 2. The van der Waals surface area contributed by atoms with Gasteiger partial charge in [-0.05, 0) is 32.0 Å². The summed E-state index contributed by atoms with van der Waals surface area (Å²) in [5.41, 5.74) is 1.25. The number of hydrogen-bond acceptors (Lipinski definition) is 5. The van der Waals surface area contributed by atoms with E-state index < -0.39 is 17.9 Å². The van der Waals surface area contributed by atoms with Gasteiger partial charge >= 0.3 is 11.8 Å². The average Bonchev–Trinajstić information content (AvgIpc) is 3.16. The molecule has 2 aromatic heterocycles. The number of carbonyl (C=O) groups is 2. The molecule has 1 unspecified atom stereocenters. The summed E-state index contributed by atoms with van der Waals surface area (Å²) in [5, 5.41) is 7.64. The molecule has 0 aliphatic heterocycles. The number of carbonyl (C=O) groups excluding carboxylic acids is 2. The van der Waals surface area contributed by atoms with E-state index >= 15 is 0 Å². The van der Waals surface area contributed by atoms with Gasteiger partial charge in [0.2, 0.25) is 0 Å². The minimum atomic E-state index is -0.809. The molecule has 124 valence electrons. The SMILES string of the molecule is Cc1c(C(C)NC(=O)C(=O)Nc2nccs2)oc2ccc(F)cc12. The Bertz CT molecular complexity index is 905. The second-order valence-electron chi connectivity index (χ2n) is 5.22. The zero-order valence-electron chi connectivity index (χ0n) is 12.9. The van der Waals surface area contributed by atoms with Crippen LogP contribution in [0.25, 0.3) is 11.0 Å². The Morgan fingerprint density at radius 3 is 2.83 bits per heavy atom. The largest absolute Gasteiger partial charge is 0.459 e. The monoisotopic (exact) mass is 347 g/mol. The molecule has 0 saturated heterocycles. The number of furan rings is 1. The predicted octanol–water partition coefficient (Wildman–Crippen LogP) is 3.15. The topological polar surface area (TPSA) is 84.2 Å². The summed E-state index contributed by atoms with van der Waals surface area (Å²) in [7, 11) is 0. The predicted molar refractivity (Wildman–Crippen MR) is 88.2 cm³/mol. The van der Waals surface area contributed by atoms with Gasteiger partial charge in [-0.2, -0.15) is 0 Å². The molecule has 3 aromatic rings. The van der Waals surface area contributed by atoms with E-state index in [1.165, 1.54) is 35.7 Å². The number of aromatic nitrogens is 1. The molecular weight excluding hydrogens is 333 g/mol. The van der Waals surface area contributed by atoms with Crippen molar-refractivity contribution in [2.75, 3.05) is 5.32 Å². The first-order chi connectivity index (χ1) is 11.5. The molecule has 0 spiro atoms. The van der Waals surface area contributed by atoms with Crippen LogP contribution in [0.2, 0.25) is 0 Å². The van der Waals surface area contributed by atoms with Gasteiger partial charge in [-0.3, -0.25) is 14.9 Å². The van der Waals surface area contributed by atoms with Crippen LogP contribution in [0.5, 0.6) is 0 Å². The smallest absolute Gasteiger partial charge is 0.315 e. The number of hydrogen-bond donors (Lipinski definition) is 2. The van der Waals surface area contributed by atoms with Crippen molar-refractivity contribution in [3.8, 4) is 0 Å². The van der Waals surface area contributed by atoms with Crippen LogP contribution in [-0.2, 0) is 9.59 Å². The molecule has 8 heteroatoms. The third kappa shape index (κ3) is 3.13. The Morgan fingerprint density at radius 1 is 1.33 bits per heavy atom. The van der Waals surface area contributed by atoms with Crippen molar-refractivity contribution < 1.29 is 18.4 Å². The number of rotatable bonds is 3. The van der Waals surface area contributed by atoms with Crippen LogP contribution in [0.15, 0.2) is 34.2 Å². The number of fused-ring (bicyclic) bond motifs is 1. The molecule has 0 bridgehead atoms. The lowest BCUT2D eigenvalue weighted by molar-refractivity contribution is -0.136. The van der Waals surface area contributed by atoms with Gasteiger partial charge in [0.15, 0.2) is 5.13 Å². The number of halogens is 1. The number of benzene rings is 1. The fourth-order valence-corrected chi connectivity index (χ4v) is 2.92. The Morgan fingerprint density at radius 2 is 2.12 bits per heavy atom. The van der Waals surface area contributed by atoms with Crippen LogP contribution in [-0.4, -0.2) is 16.8 Å². The highest BCUT2D eigenvalue weighted by molar-refractivity contribution is 7.13. The molecule has 2 amide bonds. The first-order valence-corrected chi connectivity index (χ1v) is 8.03. The van der Waals surface area contributed by atoms with Crippen LogP contribution in [0, 0.1) is 12.7 Å². The van der Waals surface area contributed by atoms with Crippen LogP contribution in [0.3, 0.4) is 0 Å². The fraction of sp³-hybridized carbons (Fsp3) is 0.188. The quantitative estimate of drug-likeness (QED) is 0.713. The molecule has 1 aromatic carbocycles. The minimum absolute atomic E-state index is 0.346. The van der Waals surface area contributed by atoms with E-state index in [-0.39, 0.29) is 5.82 Å². The van der Waals surface area contributed by atoms with E-state index in [4.69, 9.17) is 4.42 Å². The standard InChI is InChI=1S/C16H14FN3O3S/c1-8-11-7-10(17)3-4-12(11)23-13(8)9(2)19-14(21)15(22)20-16-18-5-6-24-16/h3-7,9H,1-2H3,(H,19,21)(H,18,20,22). The van der Waals surface area contributed by atoms with Gasteiger partial charge in [-0.1, -0.05) is 0 Å². The first-order valence-electron chi connectivity index (χ1n) is 7.15. The molecule has 0 aliphatic rings. The Labute approximate surface area is 140 Å². The maximum atomic E-state index is 13.4. The highest BCUT2D eigenvalue weighted by atomic mass is 32.1. The molecule has 2 N–H and O–H groups in total. The maximum Gasteiger partial charge on any atom is 0.315 e. The number of aryl methyl sites for hydroxylation is 1. The van der Waals surface area contributed by atoms with E-state index in [1.54, 1.807) is 19.2 Å². The van der Waals surface area contributed by atoms with Crippen molar-refractivity contribution in [2.45, 2.75) is 19.9 Å². The summed E-state index contributed by atoms with van der Waals surface area (Å²) in [6.45, 7) is 3.47. The van der Waals surface area contributed by atoms with Crippen molar-refractivity contribution in [3.63, 3.8) is 0 Å². The average molecular weight is 347 g/mol. The fourth-order valence-electron chi connectivity index (χ4n) is 2.39. The van der Waals surface area contributed by atoms with Gasteiger partial charge in [0.1, 0.15) is 17.2 Å².